The molecular weight excluding hydrogens is 252 g/mol. The molecule has 110 valence electrons. The standard InChI is InChI=1S/C13H22O6/c1-8(2)5-6-9(3)18-13(12(16)17)19-11(7-14)10(4)15/h5-6,10-17H,1,3,7H2,2,4H3/b6-5-. The number of rotatable bonds is 9. The normalized spacial score (nSPS) is 16.4. The third-order valence-electron chi connectivity index (χ3n) is 2.09. The van der Waals surface area contributed by atoms with Crippen LogP contribution in [0, 0.1) is 0 Å². The lowest BCUT2D eigenvalue weighted by Crippen LogP contribution is -2.40. The van der Waals surface area contributed by atoms with Crippen molar-refractivity contribution in [2.75, 3.05) is 6.61 Å². The summed E-state index contributed by atoms with van der Waals surface area (Å²) in [5.41, 5.74) is 0.768. The molecule has 0 aliphatic rings. The fourth-order valence-electron chi connectivity index (χ4n) is 1.06. The van der Waals surface area contributed by atoms with E-state index in [4.69, 9.17) is 24.8 Å². The molecule has 0 aromatic carbocycles. The minimum absolute atomic E-state index is 0.128. The summed E-state index contributed by atoms with van der Waals surface area (Å²) in [7, 11) is 0. The molecular formula is C13H22O6. The lowest BCUT2D eigenvalue weighted by molar-refractivity contribution is -0.267. The van der Waals surface area contributed by atoms with Crippen LogP contribution in [-0.2, 0) is 9.47 Å². The van der Waals surface area contributed by atoms with Crippen molar-refractivity contribution in [1.82, 2.24) is 0 Å². The Labute approximate surface area is 112 Å². The Morgan fingerprint density at radius 1 is 1.21 bits per heavy atom. The summed E-state index contributed by atoms with van der Waals surface area (Å²) >= 11 is 0. The molecule has 0 aromatic rings. The zero-order valence-electron chi connectivity index (χ0n) is 11.2. The molecule has 0 fully saturated rings. The van der Waals surface area contributed by atoms with Gasteiger partial charge < -0.3 is 29.9 Å². The molecule has 0 heterocycles. The Morgan fingerprint density at radius 3 is 2.16 bits per heavy atom. The summed E-state index contributed by atoms with van der Waals surface area (Å²) in [5.74, 6) is 0.128. The second-order valence-electron chi connectivity index (χ2n) is 4.14. The number of hydrogen-bond donors (Lipinski definition) is 4. The van der Waals surface area contributed by atoms with Gasteiger partial charge in [-0.2, -0.15) is 0 Å². The molecule has 0 rings (SSSR count). The van der Waals surface area contributed by atoms with Gasteiger partial charge in [-0.25, -0.2) is 0 Å². The van der Waals surface area contributed by atoms with Gasteiger partial charge in [-0.05, 0) is 19.9 Å². The van der Waals surface area contributed by atoms with Gasteiger partial charge in [-0.1, -0.05) is 24.8 Å². The largest absolute Gasteiger partial charge is 0.460 e. The first-order valence-electron chi connectivity index (χ1n) is 5.77. The second-order valence-corrected chi connectivity index (χ2v) is 4.14. The van der Waals surface area contributed by atoms with Crippen LogP contribution < -0.4 is 0 Å². The van der Waals surface area contributed by atoms with Gasteiger partial charge in [0.2, 0.25) is 6.29 Å². The highest BCUT2D eigenvalue weighted by atomic mass is 16.7. The molecule has 0 bridgehead atoms. The van der Waals surface area contributed by atoms with E-state index < -0.39 is 31.4 Å². The topological polar surface area (TPSA) is 99.4 Å². The number of allylic oxidation sites excluding steroid dienone is 3. The molecule has 0 radical (unpaired) electrons. The maximum Gasteiger partial charge on any atom is 0.251 e. The highest BCUT2D eigenvalue weighted by Gasteiger charge is 2.26. The maximum absolute atomic E-state index is 9.30. The molecule has 0 aromatic heterocycles. The lowest BCUT2D eigenvalue weighted by Gasteiger charge is -2.27. The molecule has 3 atom stereocenters. The van der Waals surface area contributed by atoms with E-state index in [0.29, 0.717) is 0 Å². The van der Waals surface area contributed by atoms with Crippen LogP contribution >= 0.6 is 0 Å². The minimum Gasteiger partial charge on any atom is -0.460 e. The van der Waals surface area contributed by atoms with E-state index in [2.05, 4.69) is 13.2 Å². The van der Waals surface area contributed by atoms with E-state index in [1.807, 2.05) is 0 Å². The average molecular weight is 274 g/mol. The minimum atomic E-state index is -1.94. The fourth-order valence-corrected chi connectivity index (χ4v) is 1.06. The summed E-state index contributed by atoms with van der Waals surface area (Å²) < 4.78 is 10.1. The first kappa shape index (κ1) is 17.8. The van der Waals surface area contributed by atoms with Gasteiger partial charge in [0, 0.05) is 0 Å². The molecule has 0 aliphatic carbocycles. The number of aliphatic hydroxyl groups excluding tert-OH is 3. The lowest BCUT2D eigenvalue weighted by atomic mass is 10.2. The molecule has 0 aliphatic heterocycles. The van der Waals surface area contributed by atoms with E-state index in [1.54, 1.807) is 13.0 Å². The quantitative estimate of drug-likeness (QED) is 0.269. The molecule has 0 spiro atoms. The van der Waals surface area contributed by atoms with E-state index in [1.165, 1.54) is 13.0 Å². The average Bonchev–Trinajstić information content (AvgIpc) is 2.30. The fraction of sp³-hybridized carbons (Fsp3) is 0.538. The van der Waals surface area contributed by atoms with Crippen molar-refractivity contribution >= 4 is 0 Å². The SMILES string of the molecule is C=C(C)/C=C\C(=C)OC(OC(CO)C(C)O)C(O)O. The van der Waals surface area contributed by atoms with Crippen LogP contribution in [0.1, 0.15) is 13.8 Å². The van der Waals surface area contributed by atoms with Gasteiger partial charge in [0.25, 0.3) is 6.29 Å². The van der Waals surface area contributed by atoms with Crippen LogP contribution in [0.3, 0.4) is 0 Å². The van der Waals surface area contributed by atoms with Gasteiger partial charge in [0.05, 0.1) is 12.7 Å². The van der Waals surface area contributed by atoms with Gasteiger partial charge >= 0.3 is 0 Å². The summed E-state index contributed by atoms with van der Waals surface area (Å²) in [6.07, 6.45) is -2.28. The van der Waals surface area contributed by atoms with Crippen molar-refractivity contribution in [2.45, 2.75) is 38.6 Å². The Bertz CT molecular complexity index is 321. The monoisotopic (exact) mass is 274 g/mol. The Balaban J connectivity index is 4.57. The second kappa shape index (κ2) is 8.84. The third kappa shape index (κ3) is 7.76. The van der Waals surface area contributed by atoms with Crippen molar-refractivity contribution in [3.8, 4) is 0 Å². The predicted molar refractivity (Wildman–Crippen MR) is 69.8 cm³/mol. The van der Waals surface area contributed by atoms with Crippen molar-refractivity contribution in [2.24, 2.45) is 0 Å². The molecule has 4 N–H and O–H groups in total. The summed E-state index contributed by atoms with van der Waals surface area (Å²) in [5, 5.41) is 36.5. The Kier molecular flexibility index (Phi) is 8.29. The van der Waals surface area contributed by atoms with E-state index in [9.17, 15) is 5.11 Å². The first-order chi connectivity index (χ1) is 8.77. The number of ether oxygens (including phenoxy) is 2. The van der Waals surface area contributed by atoms with Crippen LogP contribution in [0.4, 0.5) is 0 Å². The molecule has 0 amide bonds. The van der Waals surface area contributed by atoms with Crippen LogP contribution in [0.15, 0.2) is 36.6 Å². The molecule has 0 saturated heterocycles. The van der Waals surface area contributed by atoms with Gasteiger partial charge in [-0.15, -0.1) is 0 Å². The van der Waals surface area contributed by atoms with E-state index >= 15 is 0 Å². The molecule has 6 heteroatoms. The Morgan fingerprint density at radius 2 is 1.79 bits per heavy atom. The highest BCUT2D eigenvalue weighted by Crippen LogP contribution is 2.12. The highest BCUT2D eigenvalue weighted by molar-refractivity contribution is 5.19. The summed E-state index contributed by atoms with van der Waals surface area (Å²) in [4.78, 5) is 0. The number of aliphatic hydroxyl groups is 4. The molecule has 6 nitrogen and oxygen atoms in total. The van der Waals surface area contributed by atoms with Gasteiger partial charge in [0.1, 0.15) is 11.9 Å². The molecule has 19 heavy (non-hydrogen) atoms. The van der Waals surface area contributed by atoms with Crippen molar-refractivity contribution < 1.29 is 29.9 Å². The molecule has 3 unspecified atom stereocenters. The van der Waals surface area contributed by atoms with Crippen LogP contribution in [0.25, 0.3) is 0 Å². The van der Waals surface area contributed by atoms with Crippen molar-refractivity contribution in [1.29, 1.82) is 0 Å². The smallest absolute Gasteiger partial charge is 0.251 e. The summed E-state index contributed by atoms with van der Waals surface area (Å²) in [6.45, 7) is 9.88. The van der Waals surface area contributed by atoms with Gasteiger partial charge in [0.15, 0.2) is 0 Å². The van der Waals surface area contributed by atoms with Crippen LogP contribution in [0.5, 0.6) is 0 Å². The zero-order chi connectivity index (χ0) is 15.0. The first-order valence-corrected chi connectivity index (χ1v) is 5.77. The summed E-state index contributed by atoms with van der Waals surface area (Å²) in [6, 6.07) is 0. The molecule has 0 saturated carbocycles. The predicted octanol–water partition coefficient (Wildman–Crippen LogP) is 0.0441. The van der Waals surface area contributed by atoms with Gasteiger partial charge in [-0.3, -0.25) is 0 Å². The van der Waals surface area contributed by atoms with Crippen LogP contribution in [-0.4, -0.2) is 51.8 Å². The van der Waals surface area contributed by atoms with E-state index in [-0.39, 0.29) is 5.76 Å². The maximum atomic E-state index is 9.30. The van der Waals surface area contributed by atoms with E-state index in [0.717, 1.165) is 5.57 Å². The van der Waals surface area contributed by atoms with Crippen molar-refractivity contribution in [3.63, 3.8) is 0 Å². The Hall–Kier alpha value is -1.18. The van der Waals surface area contributed by atoms with Crippen molar-refractivity contribution in [3.05, 3.63) is 36.6 Å². The number of hydrogen-bond acceptors (Lipinski definition) is 6. The van der Waals surface area contributed by atoms with Crippen LogP contribution in [0.2, 0.25) is 0 Å². The third-order valence-corrected chi connectivity index (χ3v) is 2.09. The zero-order valence-corrected chi connectivity index (χ0v) is 11.2.